The highest BCUT2D eigenvalue weighted by Gasteiger charge is 2.07. The number of ether oxygens (including phenoxy) is 1. The fraction of sp³-hybridized carbons (Fsp3) is 0.278. The van der Waals surface area contributed by atoms with Gasteiger partial charge in [0.05, 0.1) is 6.21 Å². The number of carbonyl (C=O) groups is 1. The standard InChI is InChI=1S/C18H21N3O2/c1-13(2)16-7-6-14(3)17(9-16)23-12-18(22)21-20-11-15-5-4-8-19-10-15/h4-11,13H,12H2,1-3H3,(H,21,22)/b20-11+. The molecular weight excluding hydrogens is 290 g/mol. The van der Waals surface area contributed by atoms with Crippen LogP contribution in [0.2, 0.25) is 0 Å². The summed E-state index contributed by atoms with van der Waals surface area (Å²) in [7, 11) is 0. The molecule has 0 saturated heterocycles. The van der Waals surface area contributed by atoms with Crippen molar-refractivity contribution in [3.05, 3.63) is 59.4 Å². The molecule has 2 rings (SSSR count). The number of pyridine rings is 1. The number of rotatable bonds is 6. The zero-order valence-corrected chi connectivity index (χ0v) is 13.6. The minimum absolute atomic E-state index is 0.0766. The molecule has 23 heavy (non-hydrogen) atoms. The number of carbonyl (C=O) groups excluding carboxylic acids is 1. The predicted octanol–water partition coefficient (Wildman–Crippen LogP) is 3.04. The summed E-state index contributed by atoms with van der Waals surface area (Å²) in [6.07, 6.45) is 4.87. The van der Waals surface area contributed by atoms with Gasteiger partial charge in [-0.2, -0.15) is 5.10 Å². The van der Waals surface area contributed by atoms with Gasteiger partial charge in [-0.1, -0.05) is 32.0 Å². The van der Waals surface area contributed by atoms with Crippen LogP contribution in [0.25, 0.3) is 0 Å². The molecule has 0 spiro atoms. The average Bonchev–Trinajstić information content (AvgIpc) is 2.55. The Balaban J connectivity index is 1.87. The summed E-state index contributed by atoms with van der Waals surface area (Å²) in [6.45, 7) is 6.12. The van der Waals surface area contributed by atoms with Gasteiger partial charge in [-0.3, -0.25) is 9.78 Å². The highest BCUT2D eigenvalue weighted by atomic mass is 16.5. The Morgan fingerprint density at radius 2 is 2.22 bits per heavy atom. The van der Waals surface area contributed by atoms with E-state index >= 15 is 0 Å². The molecule has 0 bridgehead atoms. The van der Waals surface area contributed by atoms with E-state index in [4.69, 9.17) is 4.74 Å². The molecule has 0 saturated carbocycles. The Morgan fingerprint density at radius 1 is 1.39 bits per heavy atom. The summed E-state index contributed by atoms with van der Waals surface area (Å²) in [5.41, 5.74) is 5.43. The number of nitrogens with zero attached hydrogens (tertiary/aromatic N) is 2. The minimum Gasteiger partial charge on any atom is -0.483 e. The molecule has 0 radical (unpaired) electrons. The van der Waals surface area contributed by atoms with Gasteiger partial charge in [-0.05, 0) is 36.1 Å². The first kappa shape index (κ1) is 16.7. The number of hydrogen-bond donors (Lipinski definition) is 1. The Hall–Kier alpha value is -2.69. The molecule has 0 atom stereocenters. The van der Waals surface area contributed by atoms with Gasteiger partial charge in [-0.25, -0.2) is 5.43 Å². The third kappa shape index (κ3) is 5.21. The Morgan fingerprint density at radius 3 is 2.91 bits per heavy atom. The lowest BCUT2D eigenvalue weighted by atomic mass is 10.0. The number of aromatic nitrogens is 1. The highest BCUT2D eigenvalue weighted by molar-refractivity contribution is 5.82. The van der Waals surface area contributed by atoms with E-state index in [0.717, 1.165) is 16.9 Å². The molecule has 0 aliphatic carbocycles. The van der Waals surface area contributed by atoms with Crippen LogP contribution in [-0.4, -0.2) is 23.7 Å². The van der Waals surface area contributed by atoms with Crippen molar-refractivity contribution in [3.63, 3.8) is 0 Å². The second-order valence-corrected chi connectivity index (χ2v) is 5.55. The lowest BCUT2D eigenvalue weighted by Crippen LogP contribution is -2.24. The summed E-state index contributed by atoms with van der Waals surface area (Å²) in [4.78, 5) is 15.7. The molecule has 0 aliphatic heterocycles. The van der Waals surface area contributed by atoms with Crippen molar-refractivity contribution >= 4 is 12.1 Å². The van der Waals surface area contributed by atoms with E-state index in [0.29, 0.717) is 5.92 Å². The first-order valence-corrected chi connectivity index (χ1v) is 7.51. The molecule has 5 nitrogen and oxygen atoms in total. The molecular formula is C18H21N3O2. The van der Waals surface area contributed by atoms with E-state index in [1.165, 1.54) is 11.8 Å². The smallest absolute Gasteiger partial charge is 0.277 e. The third-order valence-corrected chi connectivity index (χ3v) is 3.32. The quantitative estimate of drug-likeness (QED) is 0.659. The summed E-state index contributed by atoms with van der Waals surface area (Å²) in [6, 6.07) is 9.71. The van der Waals surface area contributed by atoms with Crippen LogP contribution in [0.4, 0.5) is 0 Å². The fourth-order valence-electron chi connectivity index (χ4n) is 1.94. The second kappa shape index (κ2) is 8.08. The first-order valence-electron chi connectivity index (χ1n) is 7.51. The Bertz CT molecular complexity index is 682. The summed E-state index contributed by atoms with van der Waals surface area (Å²) in [5.74, 6) is 0.831. The van der Waals surface area contributed by atoms with Crippen LogP contribution in [0.15, 0.2) is 47.8 Å². The molecule has 2 aromatic rings. The predicted molar refractivity (Wildman–Crippen MR) is 90.7 cm³/mol. The van der Waals surface area contributed by atoms with Crippen LogP contribution >= 0.6 is 0 Å². The molecule has 0 unspecified atom stereocenters. The Kier molecular flexibility index (Phi) is 5.86. The lowest BCUT2D eigenvalue weighted by molar-refractivity contribution is -0.123. The number of hydrazone groups is 1. The molecule has 1 amide bonds. The molecule has 1 aromatic carbocycles. The van der Waals surface area contributed by atoms with Gasteiger partial charge in [0, 0.05) is 18.0 Å². The fourth-order valence-corrected chi connectivity index (χ4v) is 1.94. The number of hydrogen-bond acceptors (Lipinski definition) is 4. The van der Waals surface area contributed by atoms with Crippen molar-refractivity contribution in [1.29, 1.82) is 0 Å². The molecule has 1 N–H and O–H groups in total. The monoisotopic (exact) mass is 311 g/mol. The van der Waals surface area contributed by atoms with E-state index in [1.54, 1.807) is 18.5 Å². The average molecular weight is 311 g/mol. The SMILES string of the molecule is Cc1ccc(C(C)C)cc1OCC(=O)N/N=C/c1cccnc1. The van der Waals surface area contributed by atoms with Gasteiger partial charge in [0.1, 0.15) is 5.75 Å². The summed E-state index contributed by atoms with van der Waals surface area (Å²) in [5, 5.41) is 3.88. The van der Waals surface area contributed by atoms with Gasteiger partial charge in [-0.15, -0.1) is 0 Å². The van der Waals surface area contributed by atoms with Crippen LogP contribution < -0.4 is 10.2 Å². The maximum atomic E-state index is 11.8. The van der Waals surface area contributed by atoms with E-state index in [9.17, 15) is 4.79 Å². The largest absolute Gasteiger partial charge is 0.483 e. The van der Waals surface area contributed by atoms with Crippen molar-refractivity contribution in [1.82, 2.24) is 10.4 Å². The van der Waals surface area contributed by atoms with Crippen molar-refractivity contribution in [3.8, 4) is 5.75 Å². The first-order chi connectivity index (χ1) is 11.1. The van der Waals surface area contributed by atoms with E-state index < -0.39 is 0 Å². The zero-order chi connectivity index (χ0) is 16.7. The van der Waals surface area contributed by atoms with E-state index in [2.05, 4.69) is 35.4 Å². The van der Waals surface area contributed by atoms with Crippen LogP contribution in [-0.2, 0) is 4.79 Å². The molecule has 0 fully saturated rings. The van der Waals surface area contributed by atoms with Gasteiger partial charge >= 0.3 is 0 Å². The number of aryl methyl sites for hydroxylation is 1. The highest BCUT2D eigenvalue weighted by Crippen LogP contribution is 2.24. The van der Waals surface area contributed by atoms with E-state index in [1.807, 2.05) is 25.1 Å². The number of amides is 1. The van der Waals surface area contributed by atoms with Gasteiger partial charge in [0.2, 0.25) is 0 Å². The van der Waals surface area contributed by atoms with Crippen LogP contribution in [0.3, 0.4) is 0 Å². The second-order valence-electron chi connectivity index (χ2n) is 5.55. The normalized spacial score (nSPS) is 11.0. The maximum absolute atomic E-state index is 11.8. The number of benzene rings is 1. The molecule has 1 heterocycles. The van der Waals surface area contributed by atoms with Crippen LogP contribution in [0.5, 0.6) is 5.75 Å². The van der Waals surface area contributed by atoms with Crippen molar-refractivity contribution in [2.75, 3.05) is 6.61 Å². The zero-order valence-electron chi connectivity index (χ0n) is 13.6. The van der Waals surface area contributed by atoms with Crippen molar-refractivity contribution in [2.24, 2.45) is 5.10 Å². The van der Waals surface area contributed by atoms with Crippen molar-refractivity contribution in [2.45, 2.75) is 26.7 Å². The lowest BCUT2D eigenvalue weighted by Gasteiger charge is -2.12. The molecule has 0 aliphatic rings. The van der Waals surface area contributed by atoms with Gasteiger partial charge in [0.25, 0.3) is 5.91 Å². The third-order valence-electron chi connectivity index (χ3n) is 3.32. The van der Waals surface area contributed by atoms with Crippen molar-refractivity contribution < 1.29 is 9.53 Å². The molecule has 1 aromatic heterocycles. The van der Waals surface area contributed by atoms with Crippen LogP contribution in [0, 0.1) is 6.92 Å². The summed E-state index contributed by atoms with van der Waals surface area (Å²) < 4.78 is 5.59. The number of nitrogens with one attached hydrogen (secondary N) is 1. The topological polar surface area (TPSA) is 63.6 Å². The van der Waals surface area contributed by atoms with Crippen LogP contribution in [0.1, 0.15) is 36.5 Å². The minimum atomic E-state index is -0.306. The van der Waals surface area contributed by atoms with Gasteiger partial charge < -0.3 is 4.74 Å². The molecule has 120 valence electrons. The van der Waals surface area contributed by atoms with Gasteiger partial charge in [0.15, 0.2) is 6.61 Å². The maximum Gasteiger partial charge on any atom is 0.277 e. The summed E-state index contributed by atoms with van der Waals surface area (Å²) >= 11 is 0. The van der Waals surface area contributed by atoms with E-state index in [-0.39, 0.29) is 12.5 Å². The Labute approximate surface area is 136 Å². The molecule has 5 heteroatoms.